The molecule has 0 radical (unpaired) electrons. The fourth-order valence-corrected chi connectivity index (χ4v) is 1.84. The van der Waals surface area contributed by atoms with Crippen molar-refractivity contribution < 1.29 is 14.6 Å². The molecule has 0 fully saturated rings. The highest BCUT2D eigenvalue weighted by Gasteiger charge is 2.10. The molecule has 0 aliphatic rings. The summed E-state index contributed by atoms with van der Waals surface area (Å²) in [5, 5.41) is 12.4. The van der Waals surface area contributed by atoms with Crippen LogP contribution in [0.4, 0.5) is 10.5 Å². The Hall–Kier alpha value is -2.49. The molecule has 2 aromatic rings. The third kappa shape index (κ3) is 3.29. The molecule has 0 aliphatic carbocycles. The van der Waals surface area contributed by atoms with Crippen molar-refractivity contribution in [3.63, 3.8) is 0 Å². The number of aryl methyl sites for hydroxylation is 1. The number of carbonyl (C=O) groups excluding carboxylic acids is 1. The zero-order valence-electron chi connectivity index (χ0n) is 11.5. The van der Waals surface area contributed by atoms with Crippen molar-refractivity contribution in [1.29, 1.82) is 0 Å². The minimum atomic E-state index is -0.541. The molecular formula is C16H17NO3. The molecule has 0 unspecified atom stereocenters. The Bertz CT molecular complexity index is 609. The van der Waals surface area contributed by atoms with Crippen molar-refractivity contribution in [1.82, 2.24) is 0 Å². The monoisotopic (exact) mass is 271 g/mol. The number of phenolic OH excluding ortho intramolecular Hbond substituents is 1. The van der Waals surface area contributed by atoms with Gasteiger partial charge in [0.05, 0.1) is 5.69 Å². The summed E-state index contributed by atoms with van der Waals surface area (Å²) in [7, 11) is 0. The van der Waals surface area contributed by atoms with E-state index in [1.165, 1.54) is 0 Å². The zero-order valence-corrected chi connectivity index (χ0v) is 11.5. The van der Waals surface area contributed by atoms with Crippen LogP contribution < -0.4 is 5.32 Å². The topological polar surface area (TPSA) is 58.6 Å². The Morgan fingerprint density at radius 2 is 1.85 bits per heavy atom. The van der Waals surface area contributed by atoms with E-state index in [4.69, 9.17) is 4.74 Å². The average molecular weight is 271 g/mol. The standard InChI is InChI=1S/C16H17NO3/c1-11-8-9-14(12(2)15(11)18)17-16(19)20-10-13-6-4-3-5-7-13/h3-9,18H,10H2,1-2H3,(H,17,19). The quantitative estimate of drug-likeness (QED) is 0.893. The first-order valence-electron chi connectivity index (χ1n) is 6.35. The Labute approximate surface area is 118 Å². The maximum atomic E-state index is 11.7. The van der Waals surface area contributed by atoms with Gasteiger partial charge in [-0.3, -0.25) is 5.32 Å². The number of hydrogen-bond acceptors (Lipinski definition) is 3. The number of nitrogens with one attached hydrogen (secondary N) is 1. The predicted molar refractivity (Wildman–Crippen MR) is 77.8 cm³/mol. The Kier molecular flexibility index (Phi) is 4.25. The van der Waals surface area contributed by atoms with Gasteiger partial charge in [-0.2, -0.15) is 0 Å². The predicted octanol–water partition coefficient (Wildman–Crippen LogP) is 3.76. The van der Waals surface area contributed by atoms with Crippen LogP contribution in [-0.4, -0.2) is 11.2 Å². The van der Waals surface area contributed by atoms with Gasteiger partial charge in [0.2, 0.25) is 0 Å². The molecule has 104 valence electrons. The Morgan fingerprint density at radius 3 is 2.55 bits per heavy atom. The van der Waals surface area contributed by atoms with E-state index in [-0.39, 0.29) is 12.4 Å². The number of benzene rings is 2. The highest BCUT2D eigenvalue weighted by Crippen LogP contribution is 2.28. The number of phenols is 1. The van der Waals surface area contributed by atoms with Gasteiger partial charge in [0.25, 0.3) is 0 Å². The van der Waals surface area contributed by atoms with Crippen molar-refractivity contribution >= 4 is 11.8 Å². The van der Waals surface area contributed by atoms with E-state index in [1.807, 2.05) is 30.3 Å². The summed E-state index contributed by atoms with van der Waals surface area (Å²) in [4.78, 5) is 11.7. The van der Waals surface area contributed by atoms with Crippen LogP contribution in [0.1, 0.15) is 16.7 Å². The van der Waals surface area contributed by atoms with E-state index >= 15 is 0 Å². The third-order valence-electron chi connectivity index (χ3n) is 3.08. The van der Waals surface area contributed by atoms with Gasteiger partial charge >= 0.3 is 6.09 Å². The molecule has 0 saturated carbocycles. The van der Waals surface area contributed by atoms with Crippen molar-refractivity contribution in [2.75, 3.05) is 5.32 Å². The van der Waals surface area contributed by atoms with Crippen LogP contribution in [-0.2, 0) is 11.3 Å². The van der Waals surface area contributed by atoms with Crippen LogP contribution in [0, 0.1) is 13.8 Å². The van der Waals surface area contributed by atoms with Crippen molar-refractivity contribution in [2.45, 2.75) is 20.5 Å². The van der Waals surface area contributed by atoms with Crippen LogP contribution in [0.5, 0.6) is 5.75 Å². The summed E-state index contributed by atoms with van der Waals surface area (Å²) in [5.41, 5.74) is 2.87. The summed E-state index contributed by atoms with van der Waals surface area (Å²) < 4.78 is 5.13. The smallest absolute Gasteiger partial charge is 0.411 e. The van der Waals surface area contributed by atoms with Gasteiger partial charge in [-0.05, 0) is 31.0 Å². The molecule has 0 aromatic heterocycles. The molecule has 2 rings (SSSR count). The van der Waals surface area contributed by atoms with Crippen LogP contribution in [0.15, 0.2) is 42.5 Å². The summed E-state index contributed by atoms with van der Waals surface area (Å²) >= 11 is 0. The van der Waals surface area contributed by atoms with Gasteiger partial charge < -0.3 is 9.84 Å². The lowest BCUT2D eigenvalue weighted by Crippen LogP contribution is -2.14. The molecule has 0 spiro atoms. The van der Waals surface area contributed by atoms with Crippen LogP contribution in [0.2, 0.25) is 0 Å². The number of hydrogen-bond donors (Lipinski definition) is 2. The minimum absolute atomic E-state index is 0.186. The molecular weight excluding hydrogens is 254 g/mol. The van der Waals surface area contributed by atoms with Gasteiger partial charge in [0, 0.05) is 5.56 Å². The second-order valence-electron chi connectivity index (χ2n) is 4.59. The van der Waals surface area contributed by atoms with Crippen molar-refractivity contribution in [3.05, 3.63) is 59.2 Å². The number of ether oxygens (including phenoxy) is 1. The number of carbonyl (C=O) groups is 1. The molecule has 4 nitrogen and oxygen atoms in total. The second kappa shape index (κ2) is 6.10. The maximum Gasteiger partial charge on any atom is 0.411 e. The summed E-state index contributed by atoms with van der Waals surface area (Å²) in [6, 6.07) is 12.9. The summed E-state index contributed by atoms with van der Waals surface area (Å²) in [6.45, 7) is 3.76. The molecule has 2 N–H and O–H groups in total. The lowest BCUT2D eigenvalue weighted by atomic mass is 10.1. The van der Waals surface area contributed by atoms with E-state index in [9.17, 15) is 9.90 Å². The largest absolute Gasteiger partial charge is 0.507 e. The summed E-state index contributed by atoms with van der Waals surface area (Å²) in [6.07, 6.45) is -0.541. The van der Waals surface area contributed by atoms with Gasteiger partial charge in [-0.1, -0.05) is 36.4 Å². The van der Waals surface area contributed by atoms with Crippen LogP contribution in [0.25, 0.3) is 0 Å². The molecule has 2 aromatic carbocycles. The number of anilines is 1. The van der Waals surface area contributed by atoms with Crippen molar-refractivity contribution in [2.24, 2.45) is 0 Å². The molecule has 0 bridgehead atoms. The molecule has 20 heavy (non-hydrogen) atoms. The van der Waals surface area contributed by atoms with E-state index in [0.717, 1.165) is 11.1 Å². The van der Waals surface area contributed by atoms with E-state index in [1.54, 1.807) is 26.0 Å². The lowest BCUT2D eigenvalue weighted by molar-refractivity contribution is 0.155. The third-order valence-corrected chi connectivity index (χ3v) is 3.08. The second-order valence-corrected chi connectivity index (χ2v) is 4.59. The highest BCUT2D eigenvalue weighted by atomic mass is 16.5. The van der Waals surface area contributed by atoms with Gasteiger partial charge in [0.15, 0.2) is 0 Å². The van der Waals surface area contributed by atoms with Crippen LogP contribution >= 0.6 is 0 Å². The maximum absolute atomic E-state index is 11.7. The van der Waals surface area contributed by atoms with E-state index < -0.39 is 6.09 Å². The molecule has 0 saturated heterocycles. The molecule has 1 amide bonds. The number of aromatic hydroxyl groups is 1. The fraction of sp³-hybridized carbons (Fsp3) is 0.188. The first-order chi connectivity index (χ1) is 9.58. The molecule has 0 aliphatic heterocycles. The lowest BCUT2D eigenvalue weighted by Gasteiger charge is -2.11. The zero-order chi connectivity index (χ0) is 14.5. The molecule has 4 heteroatoms. The van der Waals surface area contributed by atoms with Crippen LogP contribution in [0.3, 0.4) is 0 Å². The van der Waals surface area contributed by atoms with Gasteiger partial charge in [-0.15, -0.1) is 0 Å². The molecule has 0 heterocycles. The molecule has 0 atom stereocenters. The average Bonchev–Trinajstić information content (AvgIpc) is 2.47. The first-order valence-corrected chi connectivity index (χ1v) is 6.35. The van der Waals surface area contributed by atoms with Gasteiger partial charge in [0.1, 0.15) is 12.4 Å². The van der Waals surface area contributed by atoms with Gasteiger partial charge in [-0.25, -0.2) is 4.79 Å². The highest BCUT2D eigenvalue weighted by molar-refractivity contribution is 5.86. The SMILES string of the molecule is Cc1ccc(NC(=O)OCc2ccccc2)c(C)c1O. The fourth-order valence-electron chi connectivity index (χ4n) is 1.84. The first kappa shape index (κ1) is 13.9. The van der Waals surface area contributed by atoms with E-state index in [2.05, 4.69) is 5.32 Å². The summed E-state index contributed by atoms with van der Waals surface area (Å²) in [5.74, 6) is 0.186. The number of rotatable bonds is 3. The number of amides is 1. The van der Waals surface area contributed by atoms with Crippen molar-refractivity contribution in [3.8, 4) is 5.75 Å². The Morgan fingerprint density at radius 1 is 1.15 bits per heavy atom. The Balaban J connectivity index is 1.97. The normalized spacial score (nSPS) is 10.1. The minimum Gasteiger partial charge on any atom is -0.507 e. The van der Waals surface area contributed by atoms with E-state index in [0.29, 0.717) is 11.3 Å².